The third kappa shape index (κ3) is 3.50. The van der Waals surface area contributed by atoms with Crippen molar-refractivity contribution in [2.45, 2.75) is 19.9 Å². The maximum Gasteiger partial charge on any atom is 0.0598 e. The molecule has 0 aliphatic carbocycles. The number of hydrogen-bond donors (Lipinski definition) is 1. The molecule has 0 heterocycles. The molecule has 2 aromatic carbocycles. The zero-order chi connectivity index (χ0) is 13.8. The van der Waals surface area contributed by atoms with Gasteiger partial charge in [0.1, 0.15) is 0 Å². The lowest BCUT2D eigenvalue weighted by atomic mass is 10.00. The Kier molecular flexibility index (Phi) is 4.87. The summed E-state index contributed by atoms with van der Waals surface area (Å²) in [6.45, 7) is 5.23. The van der Waals surface area contributed by atoms with Gasteiger partial charge in [-0.05, 0) is 48.4 Å². The minimum absolute atomic E-state index is 0.340. The SMILES string of the molecule is CCNC(C)c1cccc(-c2ccc(Cl)c(Cl)c2)c1. The van der Waals surface area contributed by atoms with E-state index in [1.54, 1.807) is 0 Å². The van der Waals surface area contributed by atoms with E-state index in [0.29, 0.717) is 16.1 Å². The first-order valence-electron chi connectivity index (χ1n) is 6.40. The van der Waals surface area contributed by atoms with E-state index >= 15 is 0 Å². The smallest absolute Gasteiger partial charge is 0.0598 e. The lowest BCUT2D eigenvalue weighted by molar-refractivity contribution is 0.598. The van der Waals surface area contributed by atoms with Gasteiger partial charge in [-0.25, -0.2) is 0 Å². The van der Waals surface area contributed by atoms with E-state index in [2.05, 4.69) is 43.4 Å². The van der Waals surface area contributed by atoms with Crippen LogP contribution in [0.3, 0.4) is 0 Å². The second-order valence-electron chi connectivity index (χ2n) is 4.53. The summed E-state index contributed by atoms with van der Waals surface area (Å²) >= 11 is 12.0. The van der Waals surface area contributed by atoms with Gasteiger partial charge in [-0.2, -0.15) is 0 Å². The van der Waals surface area contributed by atoms with Crippen LogP contribution in [0.25, 0.3) is 11.1 Å². The topological polar surface area (TPSA) is 12.0 Å². The summed E-state index contributed by atoms with van der Waals surface area (Å²) in [7, 11) is 0. The van der Waals surface area contributed by atoms with Crippen LogP contribution >= 0.6 is 23.2 Å². The highest BCUT2D eigenvalue weighted by Crippen LogP contribution is 2.29. The molecule has 1 unspecified atom stereocenters. The number of halogens is 2. The first-order valence-corrected chi connectivity index (χ1v) is 7.16. The van der Waals surface area contributed by atoms with E-state index in [1.165, 1.54) is 5.56 Å². The van der Waals surface area contributed by atoms with Crippen molar-refractivity contribution in [3.63, 3.8) is 0 Å². The molecular formula is C16H17Cl2N. The molecule has 0 radical (unpaired) electrons. The van der Waals surface area contributed by atoms with Gasteiger partial charge < -0.3 is 5.32 Å². The Bertz CT molecular complexity index is 566. The molecule has 0 saturated carbocycles. The van der Waals surface area contributed by atoms with Gasteiger partial charge in [-0.3, -0.25) is 0 Å². The minimum atomic E-state index is 0.340. The molecule has 19 heavy (non-hydrogen) atoms. The maximum atomic E-state index is 6.07. The largest absolute Gasteiger partial charge is 0.310 e. The Morgan fingerprint density at radius 2 is 1.74 bits per heavy atom. The summed E-state index contributed by atoms with van der Waals surface area (Å²) < 4.78 is 0. The Balaban J connectivity index is 2.34. The number of nitrogens with one attached hydrogen (secondary N) is 1. The molecule has 2 aromatic rings. The molecule has 1 N–H and O–H groups in total. The second kappa shape index (κ2) is 6.42. The highest BCUT2D eigenvalue weighted by Gasteiger charge is 2.06. The quantitative estimate of drug-likeness (QED) is 0.803. The standard InChI is InChI=1S/C16H17Cl2N/c1-3-19-11(2)12-5-4-6-13(9-12)14-7-8-15(17)16(18)10-14/h4-11,19H,3H2,1-2H3. The fourth-order valence-electron chi connectivity index (χ4n) is 2.09. The minimum Gasteiger partial charge on any atom is -0.310 e. The van der Waals surface area contributed by atoms with E-state index in [1.807, 2.05) is 18.2 Å². The predicted octanol–water partition coefficient (Wildman–Crippen LogP) is 5.33. The van der Waals surface area contributed by atoms with Crippen molar-refractivity contribution < 1.29 is 0 Å². The van der Waals surface area contributed by atoms with Crippen molar-refractivity contribution in [2.75, 3.05) is 6.54 Å². The molecule has 0 aromatic heterocycles. The average Bonchev–Trinajstić information content (AvgIpc) is 2.42. The molecular weight excluding hydrogens is 277 g/mol. The third-order valence-electron chi connectivity index (χ3n) is 3.15. The van der Waals surface area contributed by atoms with Crippen LogP contribution in [0, 0.1) is 0 Å². The summed E-state index contributed by atoms with van der Waals surface area (Å²) in [6.07, 6.45) is 0. The number of hydrogen-bond acceptors (Lipinski definition) is 1. The fourth-order valence-corrected chi connectivity index (χ4v) is 2.39. The predicted molar refractivity (Wildman–Crippen MR) is 84.0 cm³/mol. The molecule has 0 aliphatic heterocycles. The second-order valence-corrected chi connectivity index (χ2v) is 5.35. The van der Waals surface area contributed by atoms with Gasteiger partial charge in [0.2, 0.25) is 0 Å². The van der Waals surface area contributed by atoms with Crippen LogP contribution in [0.1, 0.15) is 25.5 Å². The number of rotatable bonds is 4. The molecule has 100 valence electrons. The van der Waals surface area contributed by atoms with Crippen LogP contribution in [0.2, 0.25) is 10.0 Å². The first-order chi connectivity index (χ1) is 9.11. The monoisotopic (exact) mass is 293 g/mol. The number of benzene rings is 2. The zero-order valence-corrected chi connectivity index (χ0v) is 12.6. The van der Waals surface area contributed by atoms with Crippen molar-refractivity contribution in [3.8, 4) is 11.1 Å². The van der Waals surface area contributed by atoms with Crippen LogP contribution in [-0.4, -0.2) is 6.54 Å². The Labute approximate surface area is 124 Å². The highest BCUT2D eigenvalue weighted by molar-refractivity contribution is 6.42. The molecule has 2 rings (SSSR count). The van der Waals surface area contributed by atoms with Crippen LogP contribution < -0.4 is 5.32 Å². The lowest BCUT2D eigenvalue weighted by Crippen LogP contribution is -2.17. The molecule has 1 atom stereocenters. The summed E-state index contributed by atoms with van der Waals surface area (Å²) in [4.78, 5) is 0. The van der Waals surface area contributed by atoms with Crippen molar-refractivity contribution in [1.29, 1.82) is 0 Å². The normalized spacial score (nSPS) is 12.4. The Hall–Kier alpha value is -1.02. The van der Waals surface area contributed by atoms with Crippen LogP contribution in [0.4, 0.5) is 0 Å². The zero-order valence-electron chi connectivity index (χ0n) is 11.1. The van der Waals surface area contributed by atoms with Crippen molar-refractivity contribution in [2.24, 2.45) is 0 Å². The van der Waals surface area contributed by atoms with Gasteiger partial charge in [0.15, 0.2) is 0 Å². The van der Waals surface area contributed by atoms with E-state index in [0.717, 1.165) is 17.7 Å². The van der Waals surface area contributed by atoms with E-state index in [9.17, 15) is 0 Å². The van der Waals surface area contributed by atoms with Crippen molar-refractivity contribution in [1.82, 2.24) is 5.32 Å². The summed E-state index contributed by atoms with van der Waals surface area (Å²) in [5.74, 6) is 0. The third-order valence-corrected chi connectivity index (χ3v) is 3.89. The van der Waals surface area contributed by atoms with E-state index < -0.39 is 0 Å². The molecule has 0 amide bonds. The van der Waals surface area contributed by atoms with E-state index in [4.69, 9.17) is 23.2 Å². The first kappa shape index (κ1) is 14.4. The Morgan fingerprint density at radius 1 is 1.00 bits per heavy atom. The fraction of sp³-hybridized carbons (Fsp3) is 0.250. The van der Waals surface area contributed by atoms with Crippen molar-refractivity contribution in [3.05, 3.63) is 58.1 Å². The van der Waals surface area contributed by atoms with Gasteiger partial charge in [0.05, 0.1) is 10.0 Å². The van der Waals surface area contributed by atoms with Gasteiger partial charge in [0, 0.05) is 6.04 Å². The van der Waals surface area contributed by atoms with Gasteiger partial charge in [-0.15, -0.1) is 0 Å². The van der Waals surface area contributed by atoms with Crippen LogP contribution in [0.5, 0.6) is 0 Å². The van der Waals surface area contributed by atoms with Gasteiger partial charge >= 0.3 is 0 Å². The average molecular weight is 294 g/mol. The molecule has 3 heteroatoms. The van der Waals surface area contributed by atoms with Gasteiger partial charge in [0.25, 0.3) is 0 Å². The molecule has 0 spiro atoms. The maximum absolute atomic E-state index is 6.07. The molecule has 0 bridgehead atoms. The van der Waals surface area contributed by atoms with Gasteiger partial charge in [-0.1, -0.05) is 54.4 Å². The summed E-state index contributed by atoms with van der Waals surface area (Å²) in [5, 5.41) is 4.59. The summed E-state index contributed by atoms with van der Waals surface area (Å²) in [5.41, 5.74) is 3.51. The highest BCUT2D eigenvalue weighted by atomic mass is 35.5. The summed E-state index contributed by atoms with van der Waals surface area (Å²) in [6, 6.07) is 14.5. The van der Waals surface area contributed by atoms with Crippen LogP contribution in [0.15, 0.2) is 42.5 Å². The Morgan fingerprint density at radius 3 is 2.42 bits per heavy atom. The van der Waals surface area contributed by atoms with Crippen LogP contribution in [-0.2, 0) is 0 Å². The molecule has 0 aliphatic rings. The molecule has 0 saturated heterocycles. The lowest BCUT2D eigenvalue weighted by Gasteiger charge is -2.14. The van der Waals surface area contributed by atoms with Crippen molar-refractivity contribution >= 4 is 23.2 Å². The van der Waals surface area contributed by atoms with E-state index in [-0.39, 0.29) is 0 Å². The molecule has 0 fully saturated rings. The molecule has 1 nitrogen and oxygen atoms in total.